The molecule has 0 heterocycles. The molecule has 0 aliphatic heterocycles. The number of hydrogen-bond acceptors (Lipinski definition) is 5. The molecule has 0 rings (SSSR count). The average molecular weight is 194 g/mol. The Balaban J connectivity index is 4.51. The summed E-state index contributed by atoms with van der Waals surface area (Å²) in [5, 5.41) is 15.4. The van der Waals surface area contributed by atoms with Crippen LogP contribution in [0.3, 0.4) is 0 Å². The Kier molecular flexibility index (Phi) is 2.88. The molecule has 0 amide bonds. The lowest BCUT2D eigenvalue weighted by molar-refractivity contribution is -0.0514. The lowest BCUT2D eigenvalue weighted by Crippen LogP contribution is -2.32. The van der Waals surface area contributed by atoms with E-state index in [9.17, 15) is 21.6 Å². The average Bonchev–Trinajstić information content (AvgIpc) is 1.56. The van der Waals surface area contributed by atoms with Crippen LogP contribution in [0.4, 0.5) is 13.2 Å². The molecule has 10 heteroatoms. The standard InChI is InChI=1S/CH2BF3O5S/c3-1(4,5)11(8,9)10-2(6)7/h6-7H. The van der Waals surface area contributed by atoms with Crippen molar-refractivity contribution in [3.63, 3.8) is 0 Å². The molecular formula is CH2BF3O5S. The van der Waals surface area contributed by atoms with Crippen LogP contribution >= 0.6 is 0 Å². The van der Waals surface area contributed by atoms with Crippen LogP contribution in [0.2, 0.25) is 0 Å². The maximum absolute atomic E-state index is 11.3. The van der Waals surface area contributed by atoms with E-state index in [0.717, 1.165) is 0 Å². The van der Waals surface area contributed by atoms with Crippen molar-refractivity contribution >= 4 is 17.4 Å². The van der Waals surface area contributed by atoms with E-state index in [0.29, 0.717) is 0 Å². The van der Waals surface area contributed by atoms with Gasteiger partial charge >= 0.3 is 22.9 Å². The molecule has 0 saturated heterocycles. The van der Waals surface area contributed by atoms with Gasteiger partial charge in [-0.15, -0.1) is 0 Å². The van der Waals surface area contributed by atoms with Gasteiger partial charge in [0.1, 0.15) is 0 Å². The van der Waals surface area contributed by atoms with Crippen molar-refractivity contribution in [2.45, 2.75) is 5.51 Å². The van der Waals surface area contributed by atoms with Gasteiger partial charge in [-0.3, -0.25) is 4.10 Å². The maximum Gasteiger partial charge on any atom is 0.649 e. The van der Waals surface area contributed by atoms with Gasteiger partial charge in [0.05, 0.1) is 0 Å². The Morgan fingerprint density at radius 3 is 1.73 bits per heavy atom. The van der Waals surface area contributed by atoms with Crippen molar-refractivity contribution in [1.29, 1.82) is 0 Å². The van der Waals surface area contributed by atoms with E-state index in [2.05, 4.69) is 4.10 Å². The summed E-state index contributed by atoms with van der Waals surface area (Å²) in [4.78, 5) is 0. The van der Waals surface area contributed by atoms with Gasteiger partial charge < -0.3 is 10.0 Å². The highest BCUT2D eigenvalue weighted by Crippen LogP contribution is 2.24. The highest BCUT2D eigenvalue weighted by Gasteiger charge is 2.49. The Labute approximate surface area is 59.7 Å². The third-order valence-electron chi connectivity index (χ3n) is 0.496. The van der Waals surface area contributed by atoms with Crippen molar-refractivity contribution in [2.24, 2.45) is 0 Å². The Hall–Kier alpha value is -0.315. The molecule has 0 spiro atoms. The van der Waals surface area contributed by atoms with Crippen LogP contribution in [0, 0.1) is 0 Å². The molecule has 0 unspecified atom stereocenters. The molecule has 11 heavy (non-hydrogen) atoms. The van der Waals surface area contributed by atoms with E-state index in [-0.39, 0.29) is 0 Å². The van der Waals surface area contributed by atoms with Crippen LogP contribution in [0.5, 0.6) is 0 Å². The molecule has 2 N–H and O–H groups in total. The minimum absolute atomic E-state index is 2.76. The van der Waals surface area contributed by atoms with Crippen LogP contribution in [0.15, 0.2) is 0 Å². The van der Waals surface area contributed by atoms with Crippen molar-refractivity contribution in [3.05, 3.63) is 0 Å². The van der Waals surface area contributed by atoms with E-state index in [4.69, 9.17) is 10.0 Å². The van der Waals surface area contributed by atoms with Gasteiger partial charge in [-0.1, -0.05) is 0 Å². The highest BCUT2D eigenvalue weighted by atomic mass is 32.2. The molecule has 0 aromatic rings. The van der Waals surface area contributed by atoms with Crippen molar-refractivity contribution in [2.75, 3.05) is 0 Å². The van der Waals surface area contributed by atoms with Gasteiger partial charge in [0.2, 0.25) is 0 Å². The van der Waals surface area contributed by atoms with Crippen LogP contribution in [0.25, 0.3) is 0 Å². The smallest absolute Gasteiger partial charge is 0.401 e. The van der Waals surface area contributed by atoms with E-state index in [1.165, 1.54) is 0 Å². The molecule has 0 aromatic carbocycles. The van der Waals surface area contributed by atoms with Gasteiger partial charge in [-0.05, 0) is 0 Å². The summed E-state index contributed by atoms with van der Waals surface area (Å²) >= 11 is 0. The third-order valence-corrected chi connectivity index (χ3v) is 1.49. The second-order valence-corrected chi connectivity index (χ2v) is 2.89. The van der Waals surface area contributed by atoms with Gasteiger partial charge in [-0.2, -0.15) is 21.6 Å². The minimum Gasteiger partial charge on any atom is -0.401 e. The Bertz CT molecular complexity index is 216. The summed E-state index contributed by atoms with van der Waals surface area (Å²) < 4.78 is 56.1. The minimum atomic E-state index is -5.90. The van der Waals surface area contributed by atoms with Crippen molar-refractivity contribution in [3.8, 4) is 0 Å². The molecule has 5 nitrogen and oxygen atoms in total. The predicted octanol–water partition coefficient (Wildman–Crippen LogP) is -1.18. The molecule has 0 fully saturated rings. The largest absolute Gasteiger partial charge is 0.649 e. The normalized spacial score (nSPS) is 13.2. The zero-order chi connectivity index (χ0) is 9.28. The zero-order valence-corrected chi connectivity index (χ0v) is 5.56. The van der Waals surface area contributed by atoms with E-state index in [1.807, 2.05) is 0 Å². The molecule has 0 saturated carbocycles. The van der Waals surface area contributed by atoms with Gasteiger partial charge in [-0.25, -0.2) is 0 Å². The topological polar surface area (TPSA) is 83.8 Å². The fraction of sp³-hybridized carbons (Fsp3) is 1.00. The Morgan fingerprint density at radius 1 is 1.27 bits per heavy atom. The number of halogens is 3. The molecule has 66 valence electrons. The summed E-state index contributed by atoms with van der Waals surface area (Å²) in [7, 11) is -8.90. The highest BCUT2D eigenvalue weighted by molar-refractivity contribution is 7.88. The predicted molar refractivity (Wildman–Crippen MR) is 26.3 cm³/mol. The maximum atomic E-state index is 11.3. The first-order valence-corrected chi connectivity index (χ1v) is 3.43. The summed E-state index contributed by atoms with van der Waals surface area (Å²) in [6.07, 6.45) is 0. The quantitative estimate of drug-likeness (QED) is 0.427. The molecule has 0 aliphatic carbocycles. The van der Waals surface area contributed by atoms with Crippen LogP contribution in [0.1, 0.15) is 0 Å². The SMILES string of the molecule is O=S(=O)(OB(O)O)C(F)(F)F. The Morgan fingerprint density at radius 2 is 1.64 bits per heavy atom. The monoisotopic (exact) mass is 194 g/mol. The second kappa shape index (κ2) is 2.97. The van der Waals surface area contributed by atoms with Crippen LogP contribution < -0.4 is 0 Å². The molecule has 0 radical (unpaired) electrons. The first-order valence-electron chi connectivity index (χ1n) is 2.02. The fourth-order valence-electron chi connectivity index (χ4n) is 0.168. The first-order chi connectivity index (χ1) is 4.67. The lowest BCUT2D eigenvalue weighted by atomic mass is 10.3. The summed E-state index contributed by atoms with van der Waals surface area (Å²) in [6.45, 7) is 0. The van der Waals surface area contributed by atoms with Crippen molar-refractivity contribution in [1.82, 2.24) is 0 Å². The second-order valence-electron chi connectivity index (χ2n) is 1.32. The lowest BCUT2D eigenvalue weighted by Gasteiger charge is -2.06. The van der Waals surface area contributed by atoms with E-state index >= 15 is 0 Å². The molecule has 0 bridgehead atoms. The van der Waals surface area contributed by atoms with E-state index in [1.54, 1.807) is 0 Å². The number of hydrogen-bond donors (Lipinski definition) is 2. The van der Waals surface area contributed by atoms with Crippen LogP contribution in [-0.2, 0) is 14.2 Å². The first kappa shape index (κ1) is 10.7. The van der Waals surface area contributed by atoms with Gasteiger partial charge in [0.15, 0.2) is 0 Å². The summed E-state index contributed by atoms with van der Waals surface area (Å²) in [5.74, 6) is 0. The number of rotatable bonds is 2. The fourth-order valence-corrected chi connectivity index (χ4v) is 0.504. The molecule has 0 atom stereocenters. The van der Waals surface area contributed by atoms with Crippen molar-refractivity contribution < 1.29 is 35.7 Å². The van der Waals surface area contributed by atoms with E-state index < -0.39 is 22.9 Å². The third kappa shape index (κ3) is 3.05. The zero-order valence-electron chi connectivity index (χ0n) is 4.74. The molecular weight excluding hydrogens is 192 g/mol. The van der Waals surface area contributed by atoms with Gasteiger partial charge in [0.25, 0.3) is 0 Å². The summed E-state index contributed by atoms with van der Waals surface area (Å²) in [6, 6.07) is 0. The number of alkyl halides is 3. The molecule has 0 aliphatic rings. The van der Waals surface area contributed by atoms with Gasteiger partial charge in [0, 0.05) is 0 Å². The van der Waals surface area contributed by atoms with Crippen LogP contribution in [-0.4, -0.2) is 31.3 Å². The summed E-state index contributed by atoms with van der Waals surface area (Å²) in [5.41, 5.74) is -5.64. The molecule has 0 aromatic heterocycles.